The molecule has 0 bridgehead atoms. The average Bonchev–Trinajstić information content (AvgIpc) is 2.46. The maximum absolute atomic E-state index is 3.82. The highest BCUT2D eigenvalue weighted by Gasteiger charge is 2.35. The van der Waals surface area contributed by atoms with Crippen molar-refractivity contribution in [3.63, 3.8) is 0 Å². The molecule has 1 heterocycles. The zero-order valence-corrected chi connectivity index (χ0v) is 13.2. The second-order valence-corrected chi connectivity index (χ2v) is 13.4. The van der Waals surface area contributed by atoms with Crippen molar-refractivity contribution in [2.24, 2.45) is 0 Å². The minimum Gasteiger partial charge on any atom is -0.361 e. The van der Waals surface area contributed by atoms with Gasteiger partial charge in [0.2, 0.25) is 0 Å². The molecule has 1 aliphatic heterocycles. The van der Waals surface area contributed by atoms with Crippen LogP contribution in [0.2, 0.25) is 0 Å². The van der Waals surface area contributed by atoms with Gasteiger partial charge in [-0.1, -0.05) is 12.8 Å². The summed E-state index contributed by atoms with van der Waals surface area (Å²) in [6, 6.07) is 1.67. The molecular formula is C6H19N3Si3. The molecule has 2 N–H and O–H groups in total. The third-order valence-electron chi connectivity index (χ3n) is 3.03. The summed E-state index contributed by atoms with van der Waals surface area (Å²) in [7, 11) is 1.69. The van der Waals surface area contributed by atoms with Crippen molar-refractivity contribution >= 4 is 30.1 Å². The smallest absolute Gasteiger partial charge is 0.253 e. The van der Waals surface area contributed by atoms with Gasteiger partial charge in [-0.05, 0) is 12.8 Å². The first-order chi connectivity index (χ1) is 5.77. The lowest BCUT2D eigenvalue weighted by atomic mass is 9.92. The van der Waals surface area contributed by atoms with Gasteiger partial charge in [-0.2, -0.15) is 0 Å². The van der Waals surface area contributed by atoms with Crippen molar-refractivity contribution in [2.75, 3.05) is 0 Å². The summed E-state index contributed by atoms with van der Waals surface area (Å²) >= 11 is 0. The van der Waals surface area contributed by atoms with E-state index in [2.05, 4.69) is 13.9 Å². The van der Waals surface area contributed by atoms with Crippen LogP contribution in [0.5, 0.6) is 0 Å². The molecule has 2 atom stereocenters. The third kappa shape index (κ3) is 1.73. The second-order valence-electron chi connectivity index (χ2n) is 4.20. The normalized spacial score (nSPS) is 42.2. The molecule has 0 amide bonds. The second kappa shape index (κ2) is 3.72. The summed E-state index contributed by atoms with van der Waals surface area (Å²) in [5, 5.41) is 0. The maximum Gasteiger partial charge on any atom is 0.253 e. The lowest BCUT2D eigenvalue weighted by molar-refractivity contribution is 0.374. The molecular weight excluding hydrogens is 198 g/mol. The van der Waals surface area contributed by atoms with Crippen LogP contribution in [0.3, 0.4) is 0 Å². The Kier molecular flexibility index (Phi) is 2.82. The highest BCUT2D eigenvalue weighted by molar-refractivity contribution is 6.64. The molecule has 2 unspecified atom stereocenters. The third-order valence-corrected chi connectivity index (χ3v) is 8.65. The number of nitrogens with zero attached hydrogens (tertiary/aromatic N) is 1. The molecule has 3 nitrogen and oxygen atoms in total. The predicted molar refractivity (Wildman–Crippen MR) is 61.2 cm³/mol. The summed E-state index contributed by atoms with van der Waals surface area (Å²) in [6.45, 7) is 0. The van der Waals surface area contributed by atoms with Gasteiger partial charge in [0.15, 0.2) is 0 Å². The van der Waals surface area contributed by atoms with E-state index in [1.807, 2.05) is 0 Å². The first kappa shape index (κ1) is 9.10. The Morgan fingerprint density at radius 2 is 1.58 bits per heavy atom. The molecule has 1 saturated carbocycles. The number of hydrogen-bond acceptors (Lipinski definition) is 3. The Bertz CT molecular complexity index is 152. The number of nitrogens with one attached hydrogen (secondary N) is 2. The molecule has 0 aromatic carbocycles. The molecule has 0 radical (unpaired) electrons. The largest absolute Gasteiger partial charge is 0.361 e. The van der Waals surface area contributed by atoms with Gasteiger partial charge in [0.05, 0.1) is 20.8 Å². The Labute approximate surface area is 82.1 Å². The molecule has 2 fully saturated rings. The molecule has 2 aliphatic rings. The number of hydrogen-bond donors (Lipinski definition) is 2. The molecule has 6 heteroatoms. The van der Waals surface area contributed by atoms with Crippen molar-refractivity contribution in [1.29, 1.82) is 0 Å². The van der Waals surface area contributed by atoms with E-state index in [1.165, 1.54) is 46.5 Å². The van der Waals surface area contributed by atoms with Gasteiger partial charge in [-0.15, -0.1) is 0 Å². The van der Waals surface area contributed by atoms with Gasteiger partial charge < -0.3 is 13.9 Å². The number of fused-ring (bicyclic) bond motifs is 1. The minimum absolute atomic E-state index is 0.809. The standard InChI is InChI=1S/C6H19N3Si3/c10-9(11)12-7-5-3-1-2-4-6(5)8-12/h5-8,12H,1-4H2,10-11H3. The Morgan fingerprint density at radius 3 is 2.00 bits per heavy atom. The van der Waals surface area contributed by atoms with Crippen molar-refractivity contribution in [1.82, 2.24) is 13.9 Å². The minimum atomic E-state index is -0.809. The van der Waals surface area contributed by atoms with Crippen LogP contribution in [0.4, 0.5) is 0 Å². The van der Waals surface area contributed by atoms with E-state index in [1.54, 1.807) is 0 Å². The van der Waals surface area contributed by atoms with Gasteiger partial charge in [-0.25, -0.2) is 0 Å². The fraction of sp³-hybridized carbons (Fsp3) is 1.00. The lowest BCUT2D eigenvalue weighted by Gasteiger charge is -2.24. The monoisotopic (exact) mass is 217 g/mol. The predicted octanol–water partition coefficient (Wildman–Crippen LogP) is -2.93. The van der Waals surface area contributed by atoms with Gasteiger partial charge in [0, 0.05) is 12.1 Å². The van der Waals surface area contributed by atoms with Gasteiger partial charge >= 0.3 is 0 Å². The molecule has 2 rings (SSSR count). The van der Waals surface area contributed by atoms with E-state index in [-0.39, 0.29) is 0 Å². The van der Waals surface area contributed by atoms with Crippen molar-refractivity contribution in [3.05, 3.63) is 0 Å². The zero-order chi connectivity index (χ0) is 8.55. The summed E-state index contributed by atoms with van der Waals surface area (Å²) in [4.78, 5) is 7.63. The highest BCUT2D eigenvalue weighted by atomic mass is 28.4. The summed E-state index contributed by atoms with van der Waals surface area (Å²) < 4.78 is 2.62. The molecule has 1 saturated heterocycles. The van der Waals surface area contributed by atoms with E-state index in [9.17, 15) is 0 Å². The molecule has 12 heavy (non-hydrogen) atoms. The van der Waals surface area contributed by atoms with Crippen LogP contribution in [-0.4, -0.2) is 46.1 Å². The molecule has 1 aliphatic carbocycles. The average molecular weight is 217 g/mol. The summed E-state index contributed by atoms with van der Waals surface area (Å²) in [5.74, 6) is 0. The zero-order valence-electron chi connectivity index (χ0n) is 8.01. The summed E-state index contributed by atoms with van der Waals surface area (Å²) in [6.07, 6.45) is 5.72. The first-order valence-corrected chi connectivity index (χ1v) is 8.42. The Balaban J connectivity index is 1.94. The van der Waals surface area contributed by atoms with Gasteiger partial charge in [-0.3, -0.25) is 0 Å². The molecule has 0 aromatic heterocycles. The van der Waals surface area contributed by atoms with E-state index in [4.69, 9.17) is 0 Å². The van der Waals surface area contributed by atoms with Crippen LogP contribution in [0.25, 0.3) is 0 Å². The fourth-order valence-electron chi connectivity index (χ4n) is 2.28. The topological polar surface area (TPSA) is 27.3 Å². The first-order valence-electron chi connectivity index (χ1n) is 4.96. The van der Waals surface area contributed by atoms with E-state index in [0.29, 0.717) is 0 Å². The summed E-state index contributed by atoms with van der Waals surface area (Å²) in [5.41, 5.74) is 0. The van der Waals surface area contributed by atoms with Crippen molar-refractivity contribution < 1.29 is 0 Å². The number of rotatable bonds is 1. The Morgan fingerprint density at radius 1 is 1.08 bits per heavy atom. The molecule has 70 valence electrons. The molecule has 0 aromatic rings. The quantitative estimate of drug-likeness (QED) is 0.461. The van der Waals surface area contributed by atoms with Crippen LogP contribution < -0.4 is 9.96 Å². The SMILES string of the molecule is [SiH3]N([SiH3])[SiH]1NC2CCCCC2N1. The van der Waals surface area contributed by atoms with Crippen LogP contribution in [0.15, 0.2) is 0 Å². The van der Waals surface area contributed by atoms with Gasteiger partial charge in [0.25, 0.3) is 9.28 Å². The van der Waals surface area contributed by atoms with Crippen LogP contribution in [0.1, 0.15) is 25.7 Å². The Hall–Kier alpha value is 0.531. The molecule has 0 spiro atoms. The van der Waals surface area contributed by atoms with Crippen molar-refractivity contribution in [2.45, 2.75) is 37.8 Å². The van der Waals surface area contributed by atoms with Crippen LogP contribution in [-0.2, 0) is 0 Å². The highest BCUT2D eigenvalue weighted by Crippen LogP contribution is 2.21. The van der Waals surface area contributed by atoms with Crippen LogP contribution in [0, 0.1) is 0 Å². The maximum atomic E-state index is 3.82. The van der Waals surface area contributed by atoms with Crippen molar-refractivity contribution in [3.8, 4) is 0 Å². The van der Waals surface area contributed by atoms with E-state index < -0.39 is 9.28 Å². The van der Waals surface area contributed by atoms with E-state index in [0.717, 1.165) is 12.1 Å². The lowest BCUT2D eigenvalue weighted by Crippen LogP contribution is -2.52. The van der Waals surface area contributed by atoms with Crippen LogP contribution >= 0.6 is 0 Å². The fourth-order valence-corrected chi connectivity index (χ4v) is 6.37. The van der Waals surface area contributed by atoms with Gasteiger partial charge in [0.1, 0.15) is 0 Å². The van der Waals surface area contributed by atoms with E-state index >= 15 is 0 Å².